The second kappa shape index (κ2) is 4.22. The molecule has 0 saturated carbocycles. The number of nitrogens with two attached hydrogens (primary N) is 1. The first kappa shape index (κ1) is 10.5. The number of carbonyl (C=O) groups is 1. The molecule has 5 heteroatoms. The highest BCUT2D eigenvalue weighted by molar-refractivity contribution is 5.98. The van der Waals surface area contributed by atoms with Crippen molar-refractivity contribution in [1.29, 1.82) is 0 Å². The van der Waals surface area contributed by atoms with Crippen molar-refractivity contribution < 1.29 is 14.3 Å². The average molecular weight is 220 g/mol. The predicted octanol–water partition coefficient (Wildman–Crippen LogP) is 0.998. The molecule has 5 nitrogen and oxygen atoms in total. The molecule has 1 aromatic rings. The Labute approximate surface area is 92.9 Å². The van der Waals surface area contributed by atoms with Crippen molar-refractivity contribution in [3.05, 3.63) is 29.8 Å². The molecule has 1 aliphatic heterocycles. The fraction of sp³-hybridized carbons (Fsp3) is 0.273. The number of hydrogen-bond acceptors (Lipinski definition) is 4. The van der Waals surface area contributed by atoms with Crippen molar-refractivity contribution in [3.63, 3.8) is 0 Å². The van der Waals surface area contributed by atoms with Crippen LogP contribution in [0.15, 0.2) is 29.3 Å². The minimum absolute atomic E-state index is 0.0797. The zero-order chi connectivity index (χ0) is 11.5. The molecule has 1 aromatic carbocycles. The van der Waals surface area contributed by atoms with E-state index >= 15 is 0 Å². The summed E-state index contributed by atoms with van der Waals surface area (Å²) in [6, 6.07) is 7.01. The van der Waals surface area contributed by atoms with Crippen molar-refractivity contribution in [3.8, 4) is 5.75 Å². The molecule has 2 rings (SSSR count). The van der Waals surface area contributed by atoms with Gasteiger partial charge in [0.15, 0.2) is 0 Å². The van der Waals surface area contributed by atoms with Crippen molar-refractivity contribution in [2.75, 3.05) is 6.61 Å². The summed E-state index contributed by atoms with van der Waals surface area (Å²) in [5.74, 6) is 0.382. The first-order chi connectivity index (χ1) is 7.70. The maximum absolute atomic E-state index is 11.4. The van der Waals surface area contributed by atoms with Crippen LogP contribution in [-0.2, 0) is 9.53 Å². The third-order valence-electron chi connectivity index (χ3n) is 2.18. The average Bonchev–Trinajstić information content (AvgIpc) is 2.59. The van der Waals surface area contributed by atoms with Crippen LogP contribution in [-0.4, -0.2) is 18.5 Å². The standard InChI is InChI=1S/C11H12N2O3/c1-2-15-8-5-3-7(4-6-8)9-10(14)13-11(12)16-9/h3-6,9H,2H2,1H3,(H2,12,13,14). The molecule has 84 valence electrons. The van der Waals surface area contributed by atoms with Gasteiger partial charge in [-0.15, -0.1) is 0 Å². The number of hydrogen-bond donors (Lipinski definition) is 1. The van der Waals surface area contributed by atoms with Gasteiger partial charge < -0.3 is 15.2 Å². The zero-order valence-electron chi connectivity index (χ0n) is 8.84. The van der Waals surface area contributed by atoms with Crippen LogP contribution < -0.4 is 10.5 Å². The van der Waals surface area contributed by atoms with E-state index in [1.807, 2.05) is 6.92 Å². The van der Waals surface area contributed by atoms with Gasteiger partial charge in [0.1, 0.15) is 5.75 Å². The van der Waals surface area contributed by atoms with Crippen molar-refractivity contribution in [1.82, 2.24) is 0 Å². The van der Waals surface area contributed by atoms with Crippen LogP contribution in [0.5, 0.6) is 5.75 Å². The van der Waals surface area contributed by atoms with E-state index in [1.165, 1.54) is 0 Å². The molecule has 1 aliphatic rings. The van der Waals surface area contributed by atoms with Crippen LogP contribution in [0, 0.1) is 0 Å². The molecule has 16 heavy (non-hydrogen) atoms. The molecule has 0 fully saturated rings. The van der Waals surface area contributed by atoms with E-state index in [-0.39, 0.29) is 11.9 Å². The Balaban J connectivity index is 2.14. The lowest BCUT2D eigenvalue weighted by molar-refractivity contribution is -0.122. The minimum atomic E-state index is -0.712. The molecule has 0 aromatic heterocycles. The van der Waals surface area contributed by atoms with Gasteiger partial charge >= 0.3 is 0 Å². The van der Waals surface area contributed by atoms with Crippen molar-refractivity contribution in [2.24, 2.45) is 10.7 Å². The van der Waals surface area contributed by atoms with Crippen LogP contribution >= 0.6 is 0 Å². The van der Waals surface area contributed by atoms with Crippen LogP contribution in [0.25, 0.3) is 0 Å². The Kier molecular flexibility index (Phi) is 2.76. The highest BCUT2D eigenvalue weighted by Gasteiger charge is 2.29. The number of nitrogens with zero attached hydrogens (tertiary/aromatic N) is 1. The number of carbonyl (C=O) groups excluding carboxylic acids is 1. The van der Waals surface area contributed by atoms with Gasteiger partial charge in [-0.25, -0.2) is 0 Å². The molecular weight excluding hydrogens is 208 g/mol. The van der Waals surface area contributed by atoms with E-state index in [0.717, 1.165) is 11.3 Å². The van der Waals surface area contributed by atoms with Crippen LogP contribution in [0.1, 0.15) is 18.6 Å². The van der Waals surface area contributed by atoms with E-state index in [4.69, 9.17) is 15.2 Å². The molecule has 2 N–H and O–H groups in total. The van der Waals surface area contributed by atoms with Crippen LogP contribution in [0.3, 0.4) is 0 Å². The quantitative estimate of drug-likeness (QED) is 0.824. The molecule has 0 saturated heterocycles. The van der Waals surface area contributed by atoms with E-state index < -0.39 is 6.10 Å². The summed E-state index contributed by atoms with van der Waals surface area (Å²) in [5.41, 5.74) is 6.03. The summed E-state index contributed by atoms with van der Waals surface area (Å²) in [5, 5.41) is 0. The van der Waals surface area contributed by atoms with Gasteiger partial charge in [-0.05, 0) is 19.1 Å². The number of rotatable bonds is 3. The molecular formula is C11H12N2O3. The third-order valence-corrected chi connectivity index (χ3v) is 2.18. The zero-order valence-corrected chi connectivity index (χ0v) is 8.84. The molecule has 0 radical (unpaired) electrons. The number of amidine groups is 1. The van der Waals surface area contributed by atoms with E-state index in [1.54, 1.807) is 24.3 Å². The largest absolute Gasteiger partial charge is 0.494 e. The highest BCUT2D eigenvalue weighted by atomic mass is 16.5. The Bertz CT molecular complexity index is 425. The first-order valence-corrected chi connectivity index (χ1v) is 4.98. The van der Waals surface area contributed by atoms with E-state index in [9.17, 15) is 4.79 Å². The maximum Gasteiger partial charge on any atom is 0.296 e. The van der Waals surface area contributed by atoms with Gasteiger partial charge in [0.25, 0.3) is 11.9 Å². The first-order valence-electron chi connectivity index (χ1n) is 4.98. The summed E-state index contributed by atoms with van der Waals surface area (Å²) >= 11 is 0. The number of aliphatic imine (C=N–C) groups is 1. The molecule has 1 unspecified atom stereocenters. The van der Waals surface area contributed by atoms with Crippen LogP contribution in [0.4, 0.5) is 0 Å². The summed E-state index contributed by atoms with van der Waals surface area (Å²) in [4.78, 5) is 14.9. The van der Waals surface area contributed by atoms with E-state index in [0.29, 0.717) is 6.61 Å². The topological polar surface area (TPSA) is 73.9 Å². The smallest absolute Gasteiger partial charge is 0.296 e. The lowest BCUT2D eigenvalue weighted by atomic mass is 10.1. The summed E-state index contributed by atoms with van der Waals surface area (Å²) in [7, 11) is 0. The summed E-state index contributed by atoms with van der Waals surface area (Å²) in [6.07, 6.45) is -0.712. The maximum atomic E-state index is 11.4. The molecule has 0 spiro atoms. The van der Waals surface area contributed by atoms with Gasteiger partial charge in [-0.1, -0.05) is 12.1 Å². The summed E-state index contributed by atoms with van der Waals surface area (Å²) in [6.45, 7) is 2.51. The molecule has 1 atom stereocenters. The Hall–Kier alpha value is -2.04. The molecule has 0 aliphatic carbocycles. The second-order valence-corrected chi connectivity index (χ2v) is 3.29. The normalized spacial score (nSPS) is 19.2. The van der Waals surface area contributed by atoms with Gasteiger partial charge in [0.05, 0.1) is 6.61 Å². The number of ether oxygens (including phenoxy) is 2. The number of benzene rings is 1. The molecule has 0 bridgehead atoms. The monoisotopic (exact) mass is 220 g/mol. The molecule has 1 amide bonds. The van der Waals surface area contributed by atoms with Gasteiger partial charge in [0, 0.05) is 5.56 Å². The molecule has 1 heterocycles. The Morgan fingerprint density at radius 3 is 2.62 bits per heavy atom. The van der Waals surface area contributed by atoms with E-state index in [2.05, 4.69) is 4.99 Å². The Morgan fingerprint density at radius 1 is 1.44 bits per heavy atom. The minimum Gasteiger partial charge on any atom is -0.494 e. The van der Waals surface area contributed by atoms with Gasteiger partial charge in [-0.3, -0.25) is 4.79 Å². The Morgan fingerprint density at radius 2 is 2.12 bits per heavy atom. The van der Waals surface area contributed by atoms with Crippen molar-refractivity contribution in [2.45, 2.75) is 13.0 Å². The third kappa shape index (κ3) is 1.98. The lowest BCUT2D eigenvalue weighted by Gasteiger charge is -2.09. The SMILES string of the molecule is CCOc1ccc(C2OC(N)=NC2=O)cc1. The predicted molar refractivity (Wildman–Crippen MR) is 58.1 cm³/mol. The number of amides is 1. The highest BCUT2D eigenvalue weighted by Crippen LogP contribution is 2.25. The second-order valence-electron chi connectivity index (χ2n) is 3.29. The van der Waals surface area contributed by atoms with Gasteiger partial charge in [-0.2, -0.15) is 4.99 Å². The summed E-state index contributed by atoms with van der Waals surface area (Å²) < 4.78 is 10.4. The fourth-order valence-corrected chi connectivity index (χ4v) is 1.48. The fourth-order valence-electron chi connectivity index (χ4n) is 1.48. The van der Waals surface area contributed by atoms with Gasteiger partial charge in [0.2, 0.25) is 6.10 Å². The van der Waals surface area contributed by atoms with Crippen LogP contribution in [0.2, 0.25) is 0 Å². The lowest BCUT2D eigenvalue weighted by Crippen LogP contribution is -2.13. The van der Waals surface area contributed by atoms with Crippen molar-refractivity contribution >= 4 is 11.9 Å².